The predicted octanol–water partition coefficient (Wildman–Crippen LogP) is 2.14. The van der Waals surface area contributed by atoms with Crippen molar-refractivity contribution >= 4 is 11.7 Å². The molecule has 1 fully saturated rings. The van der Waals surface area contributed by atoms with Gasteiger partial charge in [0.1, 0.15) is 0 Å². The lowest BCUT2D eigenvalue weighted by atomic mass is 10.1. The Labute approximate surface area is 107 Å². The number of anilines is 1. The molecule has 0 radical (unpaired) electrons. The Bertz CT molecular complexity index is 434. The lowest BCUT2D eigenvalue weighted by Crippen LogP contribution is -2.17. The van der Waals surface area contributed by atoms with E-state index in [1.807, 2.05) is 6.92 Å². The largest absolute Gasteiger partial charge is 0.461 e. The number of nitrogens with zero attached hydrogens (tertiary/aromatic N) is 2. The van der Waals surface area contributed by atoms with Crippen LogP contribution in [0, 0.1) is 12.8 Å². The van der Waals surface area contributed by atoms with Crippen LogP contribution in [0.3, 0.4) is 0 Å². The molecule has 2 N–H and O–H groups in total. The Balaban J connectivity index is 2.03. The summed E-state index contributed by atoms with van der Waals surface area (Å²) in [6.45, 7) is 4.85. The third-order valence-electron chi connectivity index (χ3n) is 3.59. The molecule has 0 aromatic carbocycles. The Morgan fingerprint density at radius 3 is 2.78 bits per heavy atom. The second-order valence-corrected chi connectivity index (χ2v) is 4.91. The molecule has 1 saturated carbocycles. The number of aromatic nitrogens is 2. The first-order chi connectivity index (χ1) is 8.63. The van der Waals surface area contributed by atoms with Gasteiger partial charge >= 0.3 is 5.97 Å². The van der Waals surface area contributed by atoms with Crippen LogP contribution in [-0.2, 0) is 11.3 Å². The van der Waals surface area contributed by atoms with E-state index in [2.05, 4.69) is 5.10 Å². The monoisotopic (exact) mass is 251 g/mol. The molecule has 2 rings (SSSR count). The SMILES string of the molecule is CCn1nc(C)c(N)c1C(=O)OCC1CCCC1. The third-order valence-corrected chi connectivity index (χ3v) is 3.59. The molecule has 1 heterocycles. The molecule has 1 aromatic heterocycles. The van der Waals surface area contributed by atoms with E-state index in [4.69, 9.17) is 10.5 Å². The van der Waals surface area contributed by atoms with Crippen LogP contribution in [0.1, 0.15) is 48.8 Å². The summed E-state index contributed by atoms with van der Waals surface area (Å²) in [4.78, 5) is 12.1. The highest BCUT2D eigenvalue weighted by Gasteiger charge is 2.22. The second kappa shape index (κ2) is 5.42. The number of esters is 1. The van der Waals surface area contributed by atoms with Crippen LogP contribution in [0.4, 0.5) is 5.69 Å². The molecule has 0 amide bonds. The van der Waals surface area contributed by atoms with Crippen molar-refractivity contribution < 1.29 is 9.53 Å². The maximum Gasteiger partial charge on any atom is 0.358 e. The highest BCUT2D eigenvalue weighted by Crippen LogP contribution is 2.25. The number of ether oxygens (including phenoxy) is 1. The third kappa shape index (κ3) is 2.49. The quantitative estimate of drug-likeness (QED) is 0.832. The molecule has 5 nitrogen and oxygen atoms in total. The van der Waals surface area contributed by atoms with Crippen molar-refractivity contribution in [2.45, 2.75) is 46.1 Å². The first-order valence-electron chi connectivity index (χ1n) is 6.63. The van der Waals surface area contributed by atoms with Crippen molar-refractivity contribution in [1.29, 1.82) is 0 Å². The summed E-state index contributed by atoms with van der Waals surface area (Å²) in [6.07, 6.45) is 4.82. The minimum Gasteiger partial charge on any atom is -0.461 e. The van der Waals surface area contributed by atoms with Crippen molar-refractivity contribution in [3.63, 3.8) is 0 Å². The Morgan fingerprint density at radius 2 is 2.17 bits per heavy atom. The zero-order valence-corrected chi connectivity index (χ0v) is 11.1. The topological polar surface area (TPSA) is 70.1 Å². The Morgan fingerprint density at radius 1 is 1.50 bits per heavy atom. The Kier molecular flexibility index (Phi) is 3.89. The van der Waals surface area contributed by atoms with Crippen LogP contribution in [0.5, 0.6) is 0 Å². The molecule has 1 aliphatic carbocycles. The number of nitrogen functional groups attached to an aromatic ring is 1. The minimum absolute atomic E-state index is 0.346. The molecular formula is C13H21N3O2. The van der Waals surface area contributed by atoms with Crippen LogP contribution in [0.2, 0.25) is 0 Å². The summed E-state index contributed by atoms with van der Waals surface area (Å²) in [5, 5.41) is 4.22. The molecule has 1 aliphatic rings. The average molecular weight is 251 g/mol. The number of aryl methyl sites for hydroxylation is 2. The van der Waals surface area contributed by atoms with E-state index in [-0.39, 0.29) is 5.97 Å². The number of hydrogen-bond acceptors (Lipinski definition) is 4. The molecule has 0 atom stereocenters. The fourth-order valence-corrected chi connectivity index (χ4v) is 2.48. The van der Waals surface area contributed by atoms with E-state index in [1.165, 1.54) is 12.8 Å². The zero-order chi connectivity index (χ0) is 13.1. The van der Waals surface area contributed by atoms with Gasteiger partial charge in [-0.2, -0.15) is 5.10 Å². The van der Waals surface area contributed by atoms with Crippen LogP contribution in [0.15, 0.2) is 0 Å². The van der Waals surface area contributed by atoms with Gasteiger partial charge in [-0.1, -0.05) is 12.8 Å². The zero-order valence-electron chi connectivity index (χ0n) is 11.1. The first-order valence-corrected chi connectivity index (χ1v) is 6.63. The lowest BCUT2D eigenvalue weighted by molar-refractivity contribution is 0.0429. The van der Waals surface area contributed by atoms with Crippen molar-refractivity contribution in [3.8, 4) is 0 Å². The van der Waals surface area contributed by atoms with Crippen molar-refractivity contribution in [2.24, 2.45) is 5.92 Å². The van der Waals surface area contributed by atoms with Gasteiger partial charge in [-0.25, -0.2) is 4.79 Å². The maximum atomic E-state index is 12.1. The molecule has 100 valence electrons. The molecular weight excluding hydrogens is 230 g/mol. The van der Waals surface area contributed by atoms with Gasteiger partial charge in [0.2, 0.25) is 0 Å². The molecule has 5 heteroatoms. The highest BCUT2D eigenvalue weighted by atomic mass is 16.5. The van der Waals surface area contributed by atoms with Crippen molar-refractivity contribution in [1.82, 2.24) is 9.78 Å². The number of rotatable bonds is 4. The lowest BCUT2D eigenvalue weighted by Gasteiger charge is -2.11. The molecule has 0 saturated heterocycles. The summed E-state index contributed by atoms with van der Waals surface area (Å²) >= 11 is 0. The number of hydrogen-bond donors (Lipinski definition) is 1. The normalized spacial score (nSPS) is 16.1. The predicted molar refractivity (Wildman–Crippen MR) is 69.3 cm³/mol. The standard InChI is InChI=1S/C13H21N3O2/c1-3-16-12(11(14)9(2)15-16)13(17)18-8-10-6-4-5-7-10/h10H,3-8,14H2,1-2H3. The number of carbonyl (C=O) groups is 1. The fraction of sp³-hybridized carbons (Fsp3) is 0.692. The van der Waals surface area contributed by atoms with Gasteiger partial charge < -0.3 is 10.5 Å². The summed E-state index contributed by atoms with van der Waals surface area (Å²) in [7, 11) is 0. The maximum absolute atomic E-state index is 12.1. The fourth-order valence-electron chi connectivity index (χ4n) is 2.48. The van der Waals surface area contributed by atoms with Gasteiger partial charge in [0.15, 0.2) is 5.69 Å². The highest BCUT2D eigenvalue weighted by molar-refractivity contribution is 5.93. The Hall–Kier alpha value is -1.52. The van der Waals surface area contributed by atoms with E-state index in [9.17, 15) is 4.79 Å². The van der Waals surface area contributed by atoms with E-state index in [1.54, 1.807) is 11.6 Å². The smallest absolute Gasteiger partial charge is 0.358 e. The number of nitrogens with two attached hydrogens (primary N) is 1. The first kappa shape index (κ1) is 12.9. The van der Waals surface area contributed by atoms with E-state index >= 15 is 0 Å². The molecule has 0 unspecified atom stereocenters. The molecule has 0 spiro atoms. The molecule has 0 bridgehead atoms. The van der Waals surface area contributed by atoms with Gasteiger partial charge in [0.05, 0.1) is 18.0 Å². The van der Waals surface area contributed by atoms with E-state index < -0.39 is 0 Å². The molecule has 1 aromatic rings. The molecule has 0 aliphatic heterocycles. The van der Waals surface area contributed by atoms with Gasteiger partial charge in [0.25, 0.3) is 0 Å². The van der Waals surface area contributed by atoms with Crippen molar-refractivity contribution in [3.05, 3.63) is 11.4 Å². The van der Waals surface area contributed by atoms with E-state index in [0.29, 0.717) is 36.1 Å². The van der Waals surface area contributed by atoms with Gasteiger partial charge in [0, 0.05) is 6.54 Å². The van der Waals surface area contributed by atoms with Crippen molar-refractivity contribution in [2.75, 3.05) is 12.3 Å². The number of carbonyl (C=O) groups excluding carboxylic acids is 1. The minimum atomic E-state index is -0.346. The van der Waals surface area contributed by atoms with Gasteiger partial charge in [-0.15, -0.1) is 0 Å². The summed E-state index contributed by atoms with van der Waals surface area (Å²) in [5.41, 5.74) is 7.40. The van der Waals surface area contributed by atoms with Crippen LogP contribution in [0.25, 0.3) is 0 Å². The van der Waals surface area contributed by atoms with Gasteiger partial charge in [-0.05, 0) is 32.6 Å². The van der Waals surface area contributed by atoms with E-state index in [0.717, 1.165) is 12.8 Å². The average Bonchev–Trinajstić information content (AvgIpc) is 2.96. The summed E-state index contributed by atoms with van der Waals surface area (Å²) < 4.78 is 6.98. The van der Waals surface area contributed by atoms with Crippen LogP contribution >= 0.6 is 0 Å². The van der Waals surface area contributed by atoms with Crippen LogP contribution < -0.4 is 5.73 Å². The second-order valence-electron chi connectivity index (χ2n) is 4.91. The van der Waals surface area contributed by atoms with Crippen LogP contribution in [-0.4, -0.2) is 22.4 Å². The summed E-state index contributed by atoms with van der Waals surface area (Å²) in [6, 6.07) is 0. The summed E-state index contributed by atoms with van der Waals surface area (Å²) in [5.74, 6) is 0.177. The van der Waals surface area contributed by atoms with Gasteiger partial charge in [-0.3, -0.25) is 4.68 Å². The molecule has 18 heavy (non-hydrogen) atoms.